The summed E-state index contributed by atoms with van der Waals surface area (Å²) in [6.45, 7) is 1.82. The first-order valence-corrected chi connectivity index (χ1v) is 7.17. The molecule has 0 spiro atoms. The molecule has 1 heterocycles. The Morgan fingerprint density at radius 1 is 0.864 bits per heavy atom. The van der Waals surface area contributed by atoms with Crippen molar-refractivity contribution < 1.29 is 9.21 Å². The topological polar surface area (TPSA) is 30.2 Å². The number of rotatable bonds is 4. The van der Waals surface area contributed by atoms with Crippen LogP contribution in [0.25, 0.3) is 17.2 Å². The summed E-state index contributed by atoms with van der Waals surface area (Å²) in [5, 5.41) is 0. The van der Waals surface area contributed by atoms with E-state index in [0.29, 0.717) is 5.76 Å². The van der Waals surface area contributed by atoms with Gasteiger partial charge in [-0.2, -0.15) is 0 Å². The molecule has 22 heavy (non-hydrogen) atoms. The molecule has 2 heteroatoms. The molecule has 0 aliphatic carbocycles. The molecule has 0 saturated heterocycles. The Morgan fingerprint density at radius 2 is 1.55 bits per heavy atom. The standard InChI is InChI=1S/C20H16O2/c1-15-7-14-20(22-15)19(21)13-10-16-8-11-18(12-9-16)17-5-3-2-4-6-17/h2-14H,1H3/b13-10+. The molecule has 0 fully saturated rings. The smallest absolute Gasteiger partial charge is 0.221 e. The average Bonchev–Trinajstić information content (AvgIpc) is 3.00. The van der Waals surface area contributed by atoms with Crippen molar-refractivity contribution in [3.05, 3.63) is 89.9 Å². The molecule has 0 bridgehead atoms. The lowest BCUT2D eigenvalue weighted by molar-refractivity contribution is 0.102. The van der Waals surface area contributed by atoms with Crippen LogP contribution in [0.2, 0.25) is 0 Å². The van der Waals surface area contributed by atoms with E-state index in [9.17, 15) is 4.79 Å². The Bertz CT molecular complexity index is 793. The third kappa shape index (κ3) is 3.23. The predicted octanol–water partition coefficient (Wildman–Crippen LogP) is 5.15. The van der Waals surface area contributed by atoms with Crippen molar-refractivity contribution in [1.82, 2.24) is 0 Å². The fourth-order valence-corrected chi connectivity index (χ4v) is 2.24. The average molecular weight is 288 g/mol. The van der Waals surface area contributed by atoms with Gasteiger partial charge in [0.2, 0.25) is 5.78 Å². The largest absolute Gasteiger partial charge is 0.458 e. The minimum absolute atomic E-state index is 0.125. The van der Waals surface area contributed by atoms with Crippen LogP contribution in [0, 0.1) is 6.92 Å². The second-order valence-electron chi connectivity index (χ2n) is 5.10. The van der Waals surface area contributed by atoms with Gasteiger partial charge >= 0.3 is 0 Å². The van der Waals surface area contributed by atoms with E-state index in [1.165, 1.54) is 11.6 Å². The van der Waals surface area contributed by atoms with E-state index in [4.69, 9.17) is 4.42 Å². The zero-order valence-corrected chi connectivity index (χ0v) is 12.3. The summed E-state index contributed by atoms with van der Waals surface area (Å²) in [5.74, 6) is 0.985. The highest BCUT2D eigenvalue weighted by Crippen LogP contribution is 2.19. The Kier molecular flexibility index (Phi) is 4.01. The van der Waals surface area contributed by atoms with Crippen molar-refractivity contribution in [3.63, 3.8) is 0 Å². The van der Waals surface area contributed by atoms with Crippen LogP contribution in [0.4, 0.5) is 0 Å². The molecule has 3 rings (SSSR count). The number of hydrogen-bond donors (Lipinski definition) is 0. The number of furan rings is 1. The Balaban J connectivity index is 1.73. The fourth-order valence-electron chi connectivity index (χ4n) is 2.24. The summed E-state index contributed by atoms with van der Waals surface area (Å²) in [6.07, 6.45) is 3.34. The van der Waals surface area contributed by atoms with Gasteiger partial charge in [-0.1, -0.05) is 60.7 Å². The molecule has 108 valence electrons. The van der Waals surface area contributed by atoms with E-state index in [0.717, 1.165) is 16.9 Å². The maximum absolute atomic E-state index is 11.9. The molecule has 1 aromatic heterocycles. The highest BCUT2D eigenvalue weighted by molar-refractivity contribution is 6.04. The maximum Gasteiger partial charge on any atom is 0.221 e. The molecule has 2 nitrogen and oxygen atoms in total. The van der Waals surface area contributed by atoms with Crippen molar-refractivity contribution in [3.8, 4) is 11.1 Å². The summed E-state index contributed by atoms with van der Waals surface area (Å²) >= 11 is 0. The Morgan fingerprint density at radius 3 is 2.18 bits per heavy atom. The number of hydrogen-bond acceptors (Lipinski definition) is 2. The summed E-state index contributed by atoms with van der Waals surface area (Å²) in [5.41, 5.74) is 3.32. The van der Waals surface area contributed by atoms with Gasteiger partial charge in [0, 0.05) is 0 Å². The van der Waals surface area contributed by atoms with Crippen molar-refractivity contribution in [2.24, 2.45) is 0 Å². The van der Waals surface area contributed by atoms with Gasteiger partial charge in [0.25, 0.3) is 0 Å². The van der Waals surface area contributed by atoms with Crippen LogP contribution in [-0.2, 0) is 0 Å². The van der Waals surface area contributed by atoms with Crippen molar-refractivity contribution >= 4 is 11.9 Å². The Hall–Kier alpha value is -2.87. The van der Waals surface area contributed by atoms with E-state index in [2.05, 4.69) is 24.3 Å². The van der Waals surface area contributed by atoms with Gasteiger partial charge in [0.05, 0.1) is 0 Å². The zero-order chi connectivity index (χ0) is 15.4. The summed E-state index contributed by atoms with van der Waals surface area (Å²) in [6, 6.07) is 21.8. The van der Waals surface area contributed by atoms with Gasteiger partial charge < -0.3 is 4.42 Å². The highest BCUT2D eigenvalue weighted by atomic mass is 16.3. The molecule has 0 atom stereocenters. The van der Waals surface area contributed by atoms with Gasteiger partial charge in [0.1, 0.15) is 5.76 Å². The van der Waals surface area contributed by atoms with Gasteiger partial charge in [-0.05, 0) is 41.8 Å². The highest BCUT2D eigenvalue weighted by Gasteiger charge is 2.05. The molecule has 3 aromatic rings. The molecule has 2 aromatic carbocycles. The van der Waals surface area contributed by atoms with Crippen LogP contribution in [0.3, 0.4) is 0 Å². The SMILES string of the molecule is Cc1ccc(C(=O)/C=C/c2ccc(-c3ccccc3)cc2)o1. The molecule has 0 unspecified atom stereocenters. The zero-order valence-electron chi connectivity index (χ0n) is 12.3. The van der Waals surface area contributed by atoms with Crippen molar-refractivity contribution in [1.29, 1.82) is 0 Å². The first-order chi connectivity index (χ1) is 10.7. The summed E-state index contributed by atoms with van der Waals surface area (Å²) in [7, 11) is 0. The van der Waals surface area contributed by atoms with Crippen LogP contribution < -0.4 is 0 Å². The number of carbonyl (C=O) groups is 1. The lowest BCUT2D eigenvalue weighted by atomic mass is 10.0. The van der Waals surface area contributed by atoms with Gasteiger partial charge in [-0.25, -0.2) is 0 Å². The third-order valence-electron chi connectivity index (χ3n) is 3.43. The van der Waals surface area contributed by atoms with E-state index < -0.39 is 0 Å². The van der Waals surface area contributed by atoms with Crippen LogP contribution in [0.5, 0.6) is 0 Å². The minimum Gasteiger partial charge on any atom is -0.458 e. The van der Waals surface area contributed by atoms with Crippen molar-refractivity contribution in [2.75, 3.05) is 0 Å². The van der Waals surface area contributed by atoms with Crippen LogP contribution in [0.1, 0.15) is 21.9 Å². The Labute approximate surface area is 129 Å². The van der Waals surface area contributed by atoms with Crippen LogP contribution in [-0.4, -0.2) is 5.78 Å². The van der Waals surface area contributed by atoms with Gasteiger partial charge in [-0.15, -0.1) is 0 Å². The number of carbonyl (C=O) groups excluding carboxylic acids is 1. The number of ketones is 1. The first kappa shape index (κ1) is 14.1. The van der Waals surface area contributed by atoms with Crippen LogP contribution in [0.15, 0.2) is 77.2 Å². The summed E-state index contributed by atoms with van der Waals surface area (Å²) in [4.78, 5) is 11.9. The molecule has 0 saturated carbocycles. The van der Waals surface area contributed by atoms with Crippen LogP contribution >= 0.6 is 0 Å². The molecule has 0 N–H and O–H groups in total. The molecule has 0 aliphatic heterocycles. The maximum atomic E-state index is 11.9. The molecule has 0 amide bonds. The monoisotopic (exact) mass is 288 g/mol. The minimum atomic E-state index is -0.125. The lowest BCUT2D eigenvalue weighted by Gasteiger charge is -2.01. The molecular weight excluding hydrogens is 272 g/mol. The quantitative estimate of drug-likeness (QED) is 0.491. The number of benzene rings is 2. The van der Waals surface area contributed by atoms with E-state index in [1.54, 1.807) is 18.2 Å². The predicted molar refractivity (Wildman–Crippen MR) is 88.7 cm³/mol. The molecule has 0 aliphatic rings. The second kappa shape index (κ2) is 6.27. The van der Waals surface area contributed by atoms with E-state index in [-0.39, 0.29) is 5.78 Å². The number of allylic oxidation sites excluding steroid dienone is 1. The first-order valence-electron chi connectivity index (χ1n) is 7.17. The lowest BCUT2D eigenvalue weighted by Crippen LogP contribution is -1.90. The summed E-state index contributed by atoms with van der Waals surface area (Å²) < 4.78 is 5.31. The molecular formula is C20H16O2. The second-order valence-corrected chi connectivity index (χ2v) is 5.10. The van der Waals surface area contributed by atoms with E-state index >= 15 is 0 Å². The van der Waals surface area contributed by atoms with Crippen molar-refractivity contribution in [2.45, 2.75) is 6.92 Å². The third-order valence-corrected chi connectivity index (χ3v) is 3.43. The van der Waals surface area contributed by atoms with Gasteiger partial charge in [0.15, 0.2) is 5.76 Å². The van der Waals surface area contributed by atoms with Gasteiger partial charge in [-0.3, -0.25) is 4.79 Å². The number of aryl methyl sites for hydroxylation is 1. The van der Waals surface area contributed by atoms with E-state index in [1.807, 2.05) is 37.3 Å². The fraction of sp³-hybridized carbons (Fsp3) is 0.0500. The normalized spacial score (nSPS) is 11.0. The molecule has 0 radical (unpaired) electrons.